The standard InChI is InChI=1S/C21H23FN4O4S/c1-14-11-16(22)4-5-20(14)31(28,29)26-8-6-15(7-9-26)18-12-19(25-24-18)21(27)23-13-17-3-2-10-30-17/h2-5,10-12,15H,6-9,13H2,1H3,(H,23,27)(H,24,25). The first-order valence-electron chi connectivity index (χ1n) is 9.97. The van der Waals surface area contributed by atoms with Gasteiger partial charge in [-0.15, -0.1) is 0 Å². The second kappa shape index (κ2) is 8.64. The molecule has 1 aliphatic heterocycles. The number of piperidine rings is 1. The molecule has 8 nitrogen and oxygen atoms in total. The molecule has 4 rings (SSSR count). The highest BCUT2D eigenvalue weighted by molar-refractivity contribution is 7.89. The summed E-state index contributed by atoms with van der Waals surface area (Å²) in [5, 5.41) is 9.74. The van der Waals surface area contributed by atoms with Crippen LogP contribution in [0.3, 0.4) is 0 Å². The summed E-state index contributed by atoms with van der Waals surface area (Å²) in [5.41, 5.74) is 1.47. The molecule has 0 saturated carbocycles. The van der Waals surface area contributed by atoms with Crippen LogP contribution in [0.4, 0.5) is 4.39 Å². The summed E-state index contributed by atoms with van der Waals surface area (Å²) in [4.78, 5) is 12.4. The Balaban J connectivity index is 1.37. The van der Waals surface area contributed by atoms with E-state index >= 15 is 0 Å². The predicted octanol–water partition coefficient (Wildman–Crippen LogP) is 2.95. The third kappa shape index (κ3) is 4.54. The molecule has 3 heterocycles. The quantitative estimate of drug-likeness (QED) is 0.605. The number of nitrogens with zero attached hydrogens (tertiary/aromatic N) is 2. The van der Waals surface area contributed by atoms with Gasteiger partial charge in [0.1, 0.15) is 17.3 Å². The van der Waals surface area contributed by atoms with Gasteiger partial charge in [0.05, 0.1) is 17.7 Å². The molecular weight excluding hydrogens is 423 g/mol. The van der Waals surface area contributed by atoms with Crippen LogP contribution in [0.2, 0.25) is 0 Å². The molecule has 2 aromatic heterocycles. The molecule has 0 radical (unpaired) electrons. The molecule has 10 heteroatoms. The monoisotopic (exact) mass is 446 g/mol. The van der Waals surface area contributed by atoms with Crippen molar-refractivity contribution in [1.29, 1.82) is 0 Å². The van der Waals surface area contributed by atoms with Crippen molar-refractivity contribution in [2.45, 2.75) is 37.1 Å². The van der Waals surface area contributed by atoms with Crippen LogP contribution in [-0.2, 0) is 16.6 Å². The lowest BCUT2D eigenvalue weighted by Crippen LogP contribution is -2.38. The minimum absolute atomic E-state index is 0.0693. The van der Waals surface area contributed by atoms with Crippen molar-refractivity contribution >= 4 is 15.9 Å². The van der Waals surface area contributed by atoms with E-state index < -0.39 is 15.8 Å². The van der Waals surface area contributed by atoms with Gasteiger partial charge in [0.2, 0.25) is 10.0 Å². The number of furan rings is 1. The predicted molar refractivity (Wildman–Crippen MR) is 110 cm³/mol. The number of aryl methyl sites for hydroxylation is 1. The second-order valence-electron chi connectivity index (χ2n) is 7.56. The normalized spacial score (nSPS) is 15.8. The first-order valence-corrected chi connectivity index (χ1v) is 11.4. The van der Waals surface area contributed by atoms with E-state index in [2.05, 4.69) is 15.5 Å². The van der Waals surface area contributed by atoms with Crippen molar-refractivity contribution in [1.82, 2.24) is 19.8 Å². The highest BCUT2D eigenvalue weighted by Crippen LogP contribution is 2.31. The molecule has 2 N–H and O–H groups in total. The van der Waals surface area contributed by atoms with E-state index in [0.29, 0.717) is 37.3 Å². The fourth-order valence-corrected chi connectivity index (χ4v) is 5.46. The zero-order valence-corrected chi connectivity index (χ0v) is 17.8. The van der Waals surface area contributed by atoms with Crippen LogP contribution >= 0.6 is 0 Å². The lowest BCUT2D eigenvalue weighted by Gasteiger charge is -2.31. The van der Waals surface area contributed by atoms with E-state index in [4.69, 9.17) is 4.42 Å². The zero-order chi connectivity index (χ0) is 22.0. The Kier molecular flexibility index (Phi) is 5.92. The molecule has 0 spiro atoms. The Morgan fingerprint density at radius 3 is 2.74 bits per heavy atom. The number of halogens is 1. The average molecular weight is 447 g/mol. The van der Waals surface area contributed by atoms with Crippen LogP contribution in [0, 0.1) is 12.7 Å². The number of rotatable bonds is 6. The highest BCUT2D eigenvalue weighted by atomic mass is 32.2. The van der Waals surface area contributed by atoms with E-state index in [1.807, 2.05) is 0 Å². The summed E-state index contributed by atoms with van der Waals surface area (Å²) in [5.74, 6) is -0.0573. The van der Waals surface area contributed by atoms with Crippen molar-refractivity contribution in [3.8, 4) is 0 Å². The van der Waals surface area contributed by atoms with E-state index in [1.54, 1.807) is 25.1 Å². The van der Waals surface area contributed by atoms with E-state index in [9.17, 15) is 17.6 Å². The van der Waals surface area contributed by atoms with Gasteiger partial charge in [-0.1, -0.05) is 0 Å². The topological polar surface area (TPSA) is 108 Å². The molecule has 31 heavy (non-hydrogen) atoms. The molecule has 1 saturated heterocycles. The molecule has 0 aliphatic carbocycles. The minimum atomic E-state index is -3.68. The molecule has 1 aromatic carbocycles. The van der Waals surface area contributed by atoms with Gasteiger partial charge in [0.25, 0.3) is 5.91 Å². The molecule has 3 aromatic rings. The van der Waals surface area contributed by atoms with Crippen molar-refractivity contribution in [3.63, 3.8) is 0 Å². The number of sulfonamides is 1. The number of hydrogen-bond donors (Lipinski definition) is 2. The number of H-pyrrole nitrogens is 1. The van der Waals surface area contributed by atoms with Crippen molar-refractivity contribution in [3.05, 3.63) is 71.2 Å². The highest BCUT2D eigenvalue weighted by Gasteiger charge is 2.31. The maximum absolute atomic E-state index is 13.3. The average Bonchev–Trinajstić information content (AvgIpc) is 3.44. The van der Waals surface area contributed by atoms with Crippen molar-refractivity contribution in [2.75, 3.05) is 13.1 Å². The van der Waals surface area contributed by atoms with Gasteiger partial charge in [-0.25, -0.2) is 12.8 Å². The van der Waals surface area contributed by atoms with Gasteiger partial charge in [-0.2, -0.15) is 9.40 Å². The molecule has 1 fully saturated rings. The fraction of sp³-hybridized carbons (Fsp3) is 0.333. The lowest BCUT2D eigenvalue weighted by atomic mass is 9.94. The summed E-state index contributed by atoms with van der Waals surface area (Å²) in [6, 6.07) is 8.92. The molecule has 0 atom stereocenters. The van der Waals surface area contributed by atoms with Crippen LogP contribution in [0.1, 0.15) is 46.3 Å². The largest absolute Gasteiger partial charge is 0.467 e. The van der Waals surface area contributed by atoms with Gasteiger partial charge in [-0.05, 0) is 61.7 Å². The second-order valence-corrected chi connectivity index (χ2v) is 9.47. The first-order chi connectivity index (χ1) is 14.8. The number of aromatic amines is 1. The SMILES string of the molecule is Cc1cc(F)ccc1S(=O)(=O)N1CCC(c2cc(C(=O)NCc3ccco3)n[nH]2)CC1. The Morgan fingerprint density at radius 2 is 2.06 bits per heavy atom. The summed E-state index contributed by atoms with van der Waals surface area (Å²) in [6.45, 7) is 2.53. The van der Waals surface area contributed by atoms with Crippen LogP contribution in [0.5, 0.6) is 0 Å². The molecule has 0 unspecified atom stereocenters. The summed E-state index contributed by atoms with van der Waals surface area (Å²) in [7, 11) is -3.68. The van der Waals surface area contributed by atoms with Crippen LogP contribution in [0.15, 0.2) is 52.0 Å². The van der Waals surface area contributed by atoms with E-state index in [1.165, 1.54) is 22.7 Å². The summed E-state index contributed by atoms with van der Waals surface area (Å²) < 4.78 is 45.9. The van der Waals surface area contributed by atoms with Gasteiger partial charge in [-0.3, -0.25) is 9.89 Å². The Morgan fingerprint density at radius 1 is 1.29 bits per heavy atom. The maximum atomic E-state index is 13.3. The van der Waals surface area contributed by atoms with Gasteiger partial charge >= 0.3 is 0 Å². The van der Waals surface area contributed by atoms with Crippen LogP contribution in [0.25, 0.3) is 0 Å². The third-order valence-corrected chi connectivity index (χ3v) is 7.54. The molecule has 1 aliphatic rings. The molecule has 164 valence electrons. The third-order valence-electron chi connectivity index (χ3n) is 5.48. The number of amides is 1. The van der Waals surface area contributed by atoms with E-state index in [0.717, 1.165) is 11.8 Å². The summed E-state index contributed by atoms with van der Waals surface area (Å²) in [6.07, 6.45) is 2.72. The van der Waals surface area contributed by atoms with Crippen molar-refractivity contribution < 1.29 is 22.0 Å². The van der Waals surface area contributed by atoms with Gasteiger partial charge in [0.15, 0.2) is 0 Å². The minimum Gasteiger partial charge on any atom is -0.467 e. The van der Waals surface area contributed by atoms with E-state index in [-0.39, 0.29) is 29.0 Å². The number of benzene rings is 1. The number of carbonyl (C=O) groups is 1. The van der Waals surface area contributed by atoms with Gasteiger partial charge < -0.3 is 9.73 Å². The maximum Gasteiger partial charge on any atom is 0.272 e. The lowest BCUT2D eigenvalue weighted by molar-refractivity contribution is 0.0943. The molecule has 1 amide bonds. The fourth-order valence-electron chi connectivity index (χ4n) is 3.78. The number of aromatic nitrogens is 2. The van der Waals surface area contributed by atoms with Gasteiger partial charge in [0, 0.05) is 24.7 Å². The van der Waals surface area contributed by atoms with Crippen LogP contribution in [-0.4, -0.2) is 41.9 Å². The first kappa shape index (κ1) is 21.3. The Labute approximate surface area is 179 Å². The number of carbonyl (C=O) groups excluding carboxylic acids is 1. The molecular formula is C21H23FN4O4S. The van der Waals surface area contributed by atoms with Crippen LogP contribution < -0.4 is 5.32 Å². The van der Waals surface area contributed by atoms with Crippen molar-refractivity contribution in [2.24, 2.45) is 0 Å². The summed E-state index contributed by atoms with van der Waals surface area (Å²) >= 11 is 0. The Bertz CT molecular complexity index is 1170. The zero-order valence-electron chi connectivity index (χ0n) is 17.0. The smallest absolute Gasteiger partial charge is 0.272 e. The number of hydrogen-bond acceptors (Lipinski definition) is 5. The Hall–Kier alpha value is -2.98. The molecule has 0 bridgehead atoms. The number of nitrogens with one attached hydrogen (secondary N) is 2.